The van der Waals surface area contributed by atoms with E-state index in [1.54, 1.807) is 0 Å². The average molecular weight is 631 g/mol. The van der Waals surface area contributed by atoms with E-state index in [9.17, 15) is 18.0 Å². The van der Waals surface area contributed by atoms with Crippen molar-refractivity contribution in [3.05, 3.63) is 99.5 Å². The first kappa shape index (κ1) is 31.9. The Morgan fingerprint density at radius 2 is 1.55 bits per heavy atom. The van der Waals surface area contributed by atoms with Crippen LogP contribution < -0.4 is 9.62 Å². The number of hydrogen-bond acceptors (Lipinski definition) is 4. The highest BCUT2D eigenvalue weighted by atomic mass is 35.5. The molecule has 0 heterocycles. The molecule has 0 spiro atoms. The molecule has 224 valence electrons. The lowest BCUT2D eigenvalue weighted by Crippen LogP contribution is -2.55. The lowest BCUT2D eigenvalue weighted by Gasteiger charge is -2.35. The van der Waals surface area contributed by atoms with Crippen LogP contribution in [0.2, 0.25) is 10.0 Å². The number of halogens is 2. The van der Waals surface area contributed by atoms with Crippen molar-refractivity contribution in [1.82, 2.24) is 10.2 Å². The molecule has 7 nitrogen and oxygen atoms in total. The Labute approximate surface area is 258 Å². The molecule has 3 aromatic rings. The first-order valence-corrected chi connectivity index (χ1v) is 16.7. The SMILES string of the molecule is Cc1ccccc1CN(C(=O)CN(c1cc(Cl)cc(Cl)c1)S(C)(=O)=O)[C@H](Cc1ccccc1)C(=O)NC1CCCCC1. The zero-order valence-electron chi connectivity index (χ0n) is 23.9. The molecule has 0 aromatic heterocycles. The van der Waals surface area contributed by atoms with Crippen molar-refractivity contribution in [2.75, 3.05) is 17.1 Å². The highest BCUT2D eigenvalue weighted by Gasteiger charge is 2.34. The minimum Gasteiger partial charge on any atom is -0.352 e. The number of sulfonamides is 1. The number of nitrogens with one attached hydrogen (secondary N) is 1. The summed E-state index contributed by atoms with van der Waals surface area (Å²) in [6.45, 7) is 1.56. The van der Waals surface area contributed by atoms with E-state index >= 15 is 0 Å². The summed E-state index contributed by atoms with van der Waals surface area (Å²) in [5, 5.41) is 3.69. The van der Waals surface area contributed by atoms with Crippen molar-refractivity contribution in [3.8, 4) is 0 Å². The van der Waals surface area contributed by atoms with Crippen molar-refractivity contribution in [2.24, 2.45) is 0 Å². The van der Waals surface area contributed by atoms with Gasteiger partial charge in [0.25, 0.3) is 0 Å². The molecule has 0 saturated heterocycles. The molecular weight excluding hydrogens is 593 g/mol. The molecule has 0 bridgehead atoms. The van der Waals surface area contributed by atoms with Gasteiger partial charge in [-0.2, -0.15) is 0 Å². The monoisotopic (exact) mass is 629 g/mol. The smallest absolute Gasteiger partial charge is 0.244 e. The molecule has 1 fully saturated rings. The molecule has 0 radical (unpaired) electrons. The van der Waals surface area contributed by atoms with Crippen LogP contribution in [0.25, 0.3) is 0 Å². The van der Waals surface area contributed by atoms with Crippen molar-refractivity contribution in [2.45, 2.75) is 64.1 Å². The predicted molar refractivity (Wildman–Crippen MR) is 169 cm³/mol. The van der Waals surface area contributed by atoms with Crippen LogP contribution in [0.3, 0.4) is 0 Å². The second-order valence-corrected chi connectivity index (χ2v) is 13.7. The Morgan fingerprint density at radius 3 is 2.17 bits per heavy atom. The third-order valence-electron chi connectivity index (χ3n) is 7.64. The summed E-state index contributed by atoms with van der Waals surface area (Å²) >= 11 is 12.4. The van der Waals surface area contributed by atoms with Crippen LogP contribution in [0, 0.1) is 6.92 Å². The molecule has 0 unspecified atom stereocenters. The van der Waals surface area contributed by atoms with Crippen LogP contribution in [0.1, 0.15) is 48.8 Å². The largest absolute Gasteiger partial charge is 0.352 e. The number of benzene rings is 3. The Kier molecular flexibility index (Phi) is 10.9. The summed E-state index contributed by atoms with van der Waals surface area (Å²) < 4.78 is 26.9. The quantitative estimate of drug-likeness (QED) is 0.275. The number of amides is 2. The molecule has 10 heteroatoms. The van der Waals surface area contributed by atoms with E-state index in [-0.39, 0.29) is 40.6 Å². The van der Waals surface area contributed by atoms with Crippen molar-refractivity contribution < 1.29 is 18.0 Å². The molecular formula is C32H37Cl2N3O4S. The van der Waals surface area contributed by atoms with Crippen LogP contribution >= 0.6 is 23.2 Å². The predicted octanol–water partition coefficient (Wildman–Crippen LogP) is 6.16. The molecule has 4 rings (SSSR count). The van der Waals surface area contributed by atoms with Crippen LogP contribution in [-0.4, -0.2) is 50.0 Å². The third kappa shape index (κ3) is 8.72. The first-order chi connectivity index (χ1) is 20.0. The van der Waals surface area contributed by atoms with Gasteiger partial charge in [0, 0.05) is 29.1 Å². The number of nitrogens with zero attached hydrogens (tertiary/aromatic N) is 2. The van der Waals surface area contributed by atoms with Crippen LogP contribution in [-0.2, 0) is 32.6 Å². The summed E-state index contributed by atoms with van der Waals surface area (Å²) in [5.41, 5.74) is 2.89. The zero-order valence-corrected chi connectivity index (χ0v) is 26.3. The minimum absolute atomic E-state index is 0.0426. The maximum atomic E-state index is 14.3. The summed E-state index contributed by atoms with van der Waals surface area (Å²) in [7, 11) is -3.92. The topological polar surface area (TPSA) is 86.8 Å². The summed E-state index contributed by atoms with van der Waals surface area (Å²) in [6, 6.07) is 20.8. The van der Waals surface area contributed by atoms with Gasteiger partial charge in [0.15, 0.2) is 0 Å². The summed E-state index contributed by atoms with van der Waals surface area (Å²) in [6.07, 6.45) is 6.33. The highest BCUT2D eigenvalue weighted by Crippen LogP contribution is 2.28. The standard InChI is InChI=1S/C32H37Cl2N3O4S/c1-23-11-9-10-14-25(23)21-36(31(38)22-37(42(2,40)41)29-19-26(33)18-27(34)20-29)30(17-24-12-5-3-6-13-24)32(39)35-28-15-7-4-8-16-28/h3,5-6,9-14,18-20,28,30H,4,7-8,15-17,21-22H2,1-2H3,(H,35,39)/t30-/m1/s1. The number of anilines is 1. The highest BCUT2D eigenvalue weighted by molar-refractivity contribution is 7.92. The average Bonchev–Trinajstić information content (AvgIpc) is 2.94. The van der Waals surface area contributed by atoms with E-state index in [0.717, 1.165) is 59.4 Å². The fourth-order valence-corrected chi connectivity index (χ4v) is 6.71. The van der Waals surface area contributed by atoms with Crippen LogP contribution in [0.5, 0.6) is 0 Å². The number of hydrogen-bond donors (Lipinski definition) is 1. The van der Waals surface area contributed by atoms with Gasteiger partial charge in [-0.1, -0.05) is 97.1 Å². The Hall–Kier alpha value is -3.07. The van der Waals surface area contributed by atoms with E-state index in [4.69, 9.17) is 23.2 Å². The van der Waals surface area contributed by atoms with E-state index in [2.05, 4.69) is 5.32 Å². The number of carbonyl (C=O) groups excluding carboxylic acids is 2. The van der Waals surface area contributed by atoms with Crippen molar-refractivity contribution in [1.29, 1.82) is 0 Å². The van der Waals surface area contributed by atoms with Gasteiger partial charge in [-0.3, -0.25) is 13.9 Å². The van der Waals surface area contributed by atoms with E-state index in [1.807, 2.05) is 61.5 Å². The molecule has 1 saturated carbocycles. The van der Waals surface area contributed by atoms with Gasteiger partial charge in [-0.15, -0.1) is 0 Å². The lowest BCUT2D eigenvalue weighted by atomic mass is 9.94. The zero-order chi connectivity index (χ0) is 30.3. The van der Waals surface area contributed by atoms with Gasteiger partial charge in [-0.25, -0.2) is 8.42 Å². The lowest BCUT2D eigenvalue weighted by molar-refractivity contribution is -0.140. The van der Waals surface area contributed by atoms with Crippen molar-refractivity contribution >= 4 is 50.7 Å². The van der Waals surface area contributed by atoms with Gasteiger partial charge < -0.3 is 10.2 Å². The van der Waals surface area contributed by atoms with Gasteiger partial charge in [-0.05, 0) is 54.7 Å². The molecule has 1 atom stereocenters. The van der Waals surface area contributed by atoms with Gasteiger partial charge >= 0.3 is 0 Å². The normalized spacial score (nSPS) is 14.7. The minimum atomic E-state index is -3.92. The van der Waals surface area contributed by atoms with Gasteiger partial charge in [0.05, 0.1) is 11.9 Å². The van der Waals surface area contributed by atoms with E-state index in [0.29, 0.717) is 0 Å². The molecule has 42 heavy (non-hydrogen) atoms. The maximum Gasteiger partial charge on any atom is 0.244 e. The number of carbonyl (C=O) groups is 2. The van der Waals surface area contributed by atoms with Crippen LogP contribution in [0.4, 0.5) is 5.69 Å². The van der Waals surface area contributed by atoms with E-state index < -0.39 is 28.5 Å². The molecule has 2 amide bonds. The fraction of sp³-hybridized carbons (Fsp3) is 0.375. The maximum absolute atomic E-state index is 14.3. The second-order valence-electron chi connectivity index (χ2n) is 10.9. The molecule has 1 aliphatic rings. The fourth-order valence-electron chi connectivity index (χ4n) is 5.37. The van der Waals surface area contributed by atoms with Crippen molar-refractivity contribution in [3.63, 3.8) is 0 Å². The molecule has 0 aliphatic heterocycles. The molecule has 1 aliphatic carbocycles. The molecule has 1 N–H and O–H groups in total. The van der Waals surface area contributed by atoms with Crippen LogP contribution in [0.15, 0.2) is 72.8 Å². The Morgan fingerprint density at radius 1 is 0.929 bits per heavy atom. The summed E-state index contributed by atoms with van der Waals surface area (Å²) in [5.74, 6) is -0.760. The first-order valence-electron chi connectivity index (χ1n) is 14.1. The Bertz CT molecular complexity index is 1470. The Balaban J connectivity index is 1.74. The summed E-state index contributed by atoms with van der Waals surface area (Å²) in [4.78, 5) is 29.8. The van der Waals surface area contributed by atoms with Gasteiger partial charge in [0.2, 0.25) is 21.8 Å². The molecule has 3 aromatic carbocycles. The third-order valence-corrected chi connectivity index (χ3v) is 9.22. The van der Waals surface area contributed by atoms with Gasteiger partial charge in [0.1, 0.15) is 12.6 Å². The van der Waals surface area contributed by atoms with E-state index in [1.165, 1.54) is 23.1 Å². The number of rotatable bonds is 11. The number of aryl methyl sites for hydroxylation is 1. The second kappa shape index (κ2) is 14.4.